The molecule has 0 fully saturated rings. The number of hydrogen-bond acceptors (Lipinski definition) is 4. The minimum atomic E-state index is -0.395. The third kappa shape index (κ3) is 8.70. The monoisotopic (exact) mass is 477 g/mol. The molecule has 8 heteroatoms. The summed E-state index contributed by atoms with van der Waals surface area (Å²) in [5.74, 6) is -0.362. The molecule has 0 saturated carbocycles. The number of anilines is 2. The highest BCUT2D eigenvalue weighted by molar-refractivity contribution is 9.10. The maximum Gasteiger partial charge on any atom is 0.234 e. The van der Waals surface area contributed by atoms with Gasteiger partial charge in [0.2, 0.25) is 17.7 Å². The number of rotatable bonds is 9. The van der Waals surface area contributed by atoms with Crippen LogP contribution in [0.1, 0.15) is 18.9 Å². The molecule has 0 bridgehead atoms. The van der Waals surface area contributed by atoms with E-state index in [1.807, 2.05) is 43.3 Å². The highest BCUT2D eigenvalue weighted by Gasteiger charge is 2.15. The van der Waals surface area contributed by atoms with Gasteiger partial charge >= 0.3 is 0 Å². The Bertz CT molecular complexity index is 841. The van der Waals surface area contributed by atoms with E-state index < -0.39 is 5.25 Å². The zero-order chi connectivity index (χ0) is 21.2. The molecule has 1 atom stereocenters. The maximum atomic E-state index is 12.1. The van der Waals surface area contributed by atoms with Crippen LogP contribution >= 0.6 is 27.7 Å². The molecule has 0 heterocycles. The second-order valence-corrected chi connectivity index (χ2v) is 8.71. The Hall–Kier alpha value is -2.32. The number of hydrogen-bond donors (Lipinski definition) is 3. The second kappa shape index (κ2) is 11.6. The van der Waals surface area contributed by atoms with E-state index in [1.165, 1.54) is 11.8 Å². The van der Waals surface area contributed by atoms with Crippen LogP contribution in [-0.2, 0) is 14.4 Å². The van der Waals surface area contributed by atoms with E-state index in [-0.39, 0.29) is 36.4 Å². The van der Waals surface area contributed by atoms with Crippen molar-refractivity contribution in [2.75, 3.05) is 22.9 Å². The van der Waals surface area contributed by atoms with Crippen molar-refractivity contribution in [3.63, 3.8) is 0 Å². The molecule has 2 aromatic carbocycles. The number of thioether (sulfide) groups is 1. The van der Waals surface area contributed by atoms with Crippen LogP contribution in [0, 0.1) is 6.92 Å². The van der Waals surface area contributed by atoms with Gasteiger partial charge in [-0.2, -0.15) is 0 Å². The van der Waals surface area contributed by atoms with Crippen LogP contribution in [0.4, 0.5) is 11.4 Å². The van der Waals surface area contributed by atoms with Crippen LogP contribution in [-0.4, -0.2) is 35.3 Å². The summed E-state index contributed by atoms with van der Waals surface area (Å²) in [6.07, 6.45) is 0.174. The molecule has 0 saturated heterocycles. The molecule has 3 N–H and O–H groups in total. The Morgan fingerprint density at radius 1 is 0.931 bits per heavy atom. The molecule has 2 aromatic rings. The molecule has 0 spiro atoms. The molecule has 0 radical (unpaired) electrons. The molecule has 154 valence electrons. The molecule has 2 rings (SSSR count). The summed E-state index contributed by atoms with van der Waals surface area (Å²) in [7, 11) is 0. The number of halogens is 1. The average molecular weight is 478 g/mol. The quantitative estimate of drug-likeness (QED) is 0.509. The molecular weight excluding hydrogens is 454 g/mol. The van der Waals surface area contributed by atoms with Crippen molar-refractivity contribution in [2.24, 2.45) is 0 Å². The van der Waals surface area contributed by atoms with Gasteiger partial charge in [0.1, 0.15) is 0 Å². The van der Waals surface area contributed by atoms with Gasteiger partial charge in [0.05, 0.1) is 11.0 Å². The Labute approximate surface area is 183 Å². The molecule has 1 unspecified atom stereocenters. The number of aryl methyl sites for hydroxylation is 1. The van der Waals surface area contributed by atoms with Crippen LogP contribution in [0.25, 0.3) is 0 Å². The molecule has 0 aromatic heterocycles. The largest absolute Gasteiger partial charge is 0.355 e. The Kier molecular flexibility index (Phi) is 9.21. The smallest absolute Gasteiger partial charge is 0.234 e. The lowest BCUT2D eigenvalue weighted by Crippen LogP contribution is -2.34. The van der Waals surface area contributed by atoms with Crippen molar-refractivity contribution in [2.45, 2.75) is 25.5 Å². The van der Waals surface area contributed by atoms with Crippen LogP contribution in [0.15, 0.2) is 53.0 Å². The minimum absolute atomic E-state index is 0.160. The van der Waals surface area contributed by atoms with Crippen LogP contribution < -0.4 is 16.0 Å². The second-order valence-electron chi connectivity index (χ2n) is 6.46. The summed E-state index contributed by atoms with van der Waals surface area (Å²) in [4.78, 5) is 36.1. The standard InChI is InChI=1S/C21H24BrN3O3S/c1-14-3-7-17(8-4-14)25-20(27)13-29-15(2)21(28)23-12-11-19(26)24-18-9-5-16(22)6-10-18/h3-10,15H,11-13H2,1-2H3,(H,23,28)(H,24,26)(H,25,27). The number of nitrogens with one attached hydrogen (secondary N) is 3. The van der Waals surface area contributed by atoms with Crippen LogP contribution in [0.5, 0.6) is 0 Å². The van der Waals surface area contributed by atoms with Crippen molar-refractivity contribution in [1.82, 2.24) is 5.32 Å². The first-order chi connectivity index (χ1) is 13.8. The highest BCUT2D eigenvalue weighted by Crippen LogP contribution is 2.15. The fourth-order valence-corrected chi connectivity index (χ4v) is 3.28. The SMILES string of the molecule is Cc1ccc(NC(=O)CSC(C)C(=O)NCCC(=O)Nc2ccc(Br)cc2)cc1. The summed E-state index contributed by atoms with van der Waals surface area (Å²) in [6.45, 7) is 3.95. The lowest BCUT2D eigenvalue weighted by Gasteiger charge is -2.12. The molecule has 29 heavy (non-hydrogen) atoms. The minimum Gasteiger partial charge on any atom is -0.355 e. The van der Waals surface area contributed by atoms with Crippen LogP contribution in [0.2, 0.25) is 0 Å². The van der Waals surface area contributed by atoms with Gasteiger partial charge in [-0.25, -0.2) is 0 Å². The van der Waals surface area contributed by atoms with Gasteiger partial charge in [-0.15, -0.1) is 11.8 Å². The van der Waals surface area contributed by atoms with E-state index in [0.29, 0.717) is 5.69 Å². The van der Waals surface area contributed by atoms with Crippen molar-refractivity contribution in [3.05, 3.63) is 58.6 Å². The molecule has 0 aliphatic rings. The zero-order valence-electron chi connectivity index (χ0n) is 16.3. The lowest BCUT2D eigenvalue weighted by atomic mass is 10.2. The first-order valence-electron chi connectivity index (χ1n) is 9.15. The molecule has 3 amide bonds. The van der Waals surface area contributed by atoms with Gasteiger partial charge in [-0.3, -0.25) is 14.4 Å². The molecule has 0 aliphatic carbocycles. The first kappa shape index (κ1) is 23.0. The van der Waals surface area contributed by atoms with Crippen LogP contribution in [0.3, 0.4) is 0 Å². The van der Waals surface area contributed by atoms with E-state index in [2.05, 4.69) is 31.9 Å². The van der Waals surface area contributed by atoms with Crippen molar-refractivity contribution in [3.8, 4) is 0 Å². The van der Waals surface area contributed by atoms with Gasteiger partial charge < -0.3 is 16.0 Å². The maximum absolute atomic E-state index is 12.1. The number of carbonyl (C=O) groups is 3. The number of benzene rings is 2. The fraction of sp³-hybridized carbons (Fsp3) is 0.286. The first-order valence-corrected chi connectivity index (χ1v) is 11.0. The van der Waals surface area contributed by atoms with Crippen molar-refractivity contribution >= 4 is 56.8 Å². The topological polar surface area (TPSA) is 87.3 Å². The predicted molar refractivity (Wildman–Crippen MR) is 122 cm³/mol. The van der Waals surface area contributed by atoms with Crippen molar-refractivity contribution in [1.29, 1.82) is 0 Å². The fourth-order valence-electron chi connectivity index (χ4n) is 2.31. The van der Waals surface area contributed by atoms with E-state index in [1.54, 1.807) is 19.1 Å². The van der Waals surface area contributed by atoms with E-state index in [0.717, 1.165) is 15.7 Å². The van der Waals surface area contributed by atoms with E-state index in [9.17, 15) is 14.4 Å². The summed E-state index contributed by atoms with van der Waals surface area (Å²) in [6, 6.07) is 14.8. The Morgan fingerprint density at radius 2 is 1.48 bits per heavy atom. The lowest BCUT2D eigenvalue weighted by molar-refractivity contribution is -0.120. The third-order valence-corrected chi connectivity index (χ3v) is 5.62. The zero-order valence-corrected chi connectivity index (χ0v) is 18.7. The summed E-state index contributed by atoms with van der Waals surface area (Å²) < 4.78 is 0.932. The predicted octanol–water partition coefficient (Wildman–Crippen LogP) is 3.96. The summed E-state index contributed by atoms with van der Waals surface area (Å²) >= 11 is 4.59. The van der Waals surface area contributed by atoms with E-state index >= 15 is 0 Å². The Balaban J connectivity index is 1.63. The van der Waals surface area contributed by atoms with Crippen molar-refractivity contribution < 1.29 is 14.4 Å². The number of amides is 3. The van der Waals surface area contributed by atoms with Gasteiger partial charge in [0.15, 0.2) is 0 Å². The summed E-state index contributed by atoms with van der Waals surface area (Å²) in [5, 5.41) is 7.90. The van der Waals surface area contributed by atoms with E-state index in [4.69, 9.17) is 0 Å². The molecule has 0 aliphatic heterocycles. The molecule has 6 nitrogen and oxygen atoms in total. The highest BCUT2D eigenvalue weighted by atomic mass is 79.9. The summed E-state index contributed by atoms with van der Waals surface area (Å²) in [5.41, 5.74) is 2.55. The third-order valence-electron chi connectivity index (χ3n) is 3.95. The molecular formula is C21H24BrN3O3S. The average Bonchev–Trinajstić information content (AvgIpc) is 2.69. The Morgan fingerprint density at radius 3 is 2.10 bits per heavy atom. The van der Waals surface area contributed by atoms with Gasteiger partial charge in [-0.05, 0) is 50.2 Å². The number of carbonyl (C=O) groups excluding carboxylic acids is 3. The van der Waals surface area contributed by atoms with Gasteiger partial charge in [0, 0.05) is 28.8 Å². The van der Waals surface area contributed by atoms with Gasteiger partial charge in [0.25, 0.3) is 0 Å². The van der Waals surface area contributed by atoms with Gasteiger partial charge in [-0.1, -0.05) is 33.6 Å². The normalized spacial score (nSPS) is 11.4.